The van der Waals surface area contributed by atoms with Gasteiger partial charge < -0.3 is 10.6 Å². The van der Waals surface area contributed by atoms with E-state index in [4.69, 9.17) is 5.73 Å². The predicted octanol–water partition coefficient (Wildman–Crippen LogP) is 1.89. The van der Waals surface area contributed by atoms with Crippen LogP contribution in [0.5, 0.6) is 0 Å². The standard InChI is InChI=1S/C13H18N2OS/c1-9(7-14)5-10-3-4-11-12(6-10)17-8-13(16)15(11)2/h3-4,6,9H,5,7-8,14H2,1-2H3. The van der Waals surface area contributed by atoms with Crippen molar-refractivity contribution < 1.29 is 4.79 Å². The Bertz CT molecular complexity index is 433. The van der Waals surface area contributed by atoms with E-state index in [1.807, 2.05) is 13.1 Å². The molecule has 1 atom stereocenters. The van der Waals surface area contributed by atoms with Crippen molar-refractivity contribution in [2.24, 2.45) is 11.7 Å². The predicted molar refractivity (Wildman–Crippen MR) is 72.5 cm³/mol. The van der Waals surface area contributed by atoms with Gasteiger partial charge in [0.2, 0.25) is 5.91 Å². The van der Waals surface area contributed by atoms with Crippen molar-refractivity contribution in [1.82, 2.24) is 0 Å². The largest absolute Gasteiger partial charge is 0.330 e. The van der Waals surface area contributed by atoms with Gasteiger partial charge in [-0.15, -0.1) is 11.8 Å². The Morgan fingerprint density at radius 2 is 2.29 bits per heavy atom. The van der Waals surface area contributed by atoms with Crippen molar-refractivity contribution in [3.8, 4) is 0 Å². The zero-order chi connectivity index (χ0) is 12.4. The Hall–Kier alpha value is -1.00. The van der Waals surface area contributed by atoms with Gasteiger partial charge in [0.05, 0.1) is 11.4 Å². The molecule has 0 spiro atoms. The van der Waals surface area contributed by atoms with Gasteiger partial charge in [0.15, 0.2) is 0 Å². The molecule has 0 saturated carbocycles. The highest BCUT2D eigenvalue weighted by atomic mass is 32.2. The number of carbonyl (C=O) groups is 1. The van der Waals surface area contributed by atoms with Gasteiger partial charge in [0, 0.05) is 11.9 Å². The highest BCUT2D eigenvalue weighted by Crippen LogP contribution is 2.35. The minimum absolute atomic E-state index is 0.172. The number of carbonyl (C=O) groups excluding carboxylic acids is 1. The molecule has 1 aromatic carbocycles. The van der Waals surface area contributed by atoms with Crippen LogP contribution in [0.3, 0.4) is 0 Å². The second-order valence-electron chi connectivity index (χ2n) is 4.59. The first-order valence-corrected chi connectivity index (χ1v) is 6.82. The van der Waals surface area contributed by atoms with Crippen molar-refractivity contribution in [3.63, 3.8) is 0 Å². The second-order valence-corrected chi connectivity index (χ2v) is 5.61. The normalized spacial score (nSPS) is 16.9. The molecule has 0 saturated heterocycles. The van der Waals surface area contributed by atoms with Gasteiger partial charge in [0.25, 0.3) is 0 Å². The van der Waals surface area contributed by atoms with Gasteiger partial charge in [-0.3, -0.25) is 4.79 Å². The zero-order valence-electron chi connectivity index (χ0n) is 10.3. The quantitative estimate of drug-likeness (QED) is 0.891. The fraction of sp³-hybridized carbons (Fsp3) is 0.462. The molecule has 92 valence electrons. The van der Waals surface area contributed by atoms with E-state index in [-0.39, 0.29) is 5.91 Å². The summed E-state index contributed by atoms with van der Waals surface area (Å²) < 4.78 is 0. The zero-order valence-corrected chi connectivity index (χ0v) is 11.1. The number of hydrogen-bond donors (Lipinski definition) is 1. The molecule has 1 aliphatic rings. The monoisotopic (exact) mass is 250 g/mol. The van der Waals surface area contributed by atoms with E-state index in [0.29, 0.717) is 18.2 Å². The van der Waals surface area contributed by atoms with Crippen LogP contribution in [0.4, 0.5) is 5.69 Å². The highest BCUT2D eigenvalue weighted by Gasteiger charge is 2.21. The Morgan fingerprint density at radius 3 is 3.00 bits per heavy atom. The van der Waals surface area contributed by atoms with Crippen LogP contribution in [0.1, 0.15) is 12.5 Å². The summed E-state index contributed by atoms with van der Waals surface area (Å²) in [4.78, 5) is 14.5. The van der Waals surface area contributed by atoms with Gasteiger partial charge in [-0.1, -0.05) is 13.0 Å². The Balaban J connectivity index is 2.23. The van der Waals surface area contributed by atoms with Crippen LogP contribution in [-0.4, -0.2) is 25.3 Å². The SMILES string of the molecule is CC(CN)Cc1ccc2c(c1)SCC(=O)N2C. The molecule has 2 rings (SSSR count). The number of thioether (sulfide) groups is 1. The number of amides is 1. The van der Waals surface area contributed by atoms with Crippen molar-refractivity contribution in [3.05, 3.63) is 23.8 Å². The third kappa shape index (κ3) is 2.64. The van der Waals surface area contributed by atoms with E-state index in [2.05, 4.69) is 19.1 Å². The first-order valence-electron chi connectivity index (χ1n) is 5.84. The molecule has 4 heteroatoms. The summed E-state index contributed by atoms with van der Waals surface area (Å²) in [5.41, 5.74) is 7.97. The first-order chi connectivity index (χ1) is 8.11. The molecule has 0 fully saturated rings. The number of fused-ring (bicyclic) bond motifs is 1. The molecule has 1 aromatic rings. The van der Waals surface area contributed by atoms with Crippen molar-refractivity contribution in [1.29, 1.82) is 0 Å². The van der Waals surface area contributed by atoms with Gasteiger partial charge in [-0.2, -0.15) is 0 Å². The lowest BCUT2D eigenvalue weighted by atomic mass is 10.0. The first kappa shape index (κ1) is 12.5. The number of anilines is 1. The molecule has 0 aromatic heterocycles. The second kappa shape index (κ2) is 5.10. The fourth-order valence-corrected chi connectivity index (χ4v) is 2.99. The van der Waals surface area contributed by atoms with E-state index in [1.54, 1.807) is 16.7 Å². The summed E-state index contributed by atoms with van der Waals surface area (Å²) in [6.45, 7) is 2.87. The number of hydrogen-bond acceptors (Lipinski definition) is 3. The summed E-state index contributed by atoms with van der Waals surface area (Å²) in [5.74, 6) is 1.21. The highest BCUT2D eigenvalue weighted by molar-refractivity contribution is 8.00. The lowest BCUT2D eigenvalue weighted by Crippen LogP contribution is -2.31. The lowest BCUT2D eigenvalue weighted by molar-refractivity contribution is -0.116. The van der Waals surface area contributed by atoms with E-state index in [0.717, 1.165) is 12.1 Å². The maximum absolute atomic E-state index is 11.6. The van der Waals surface area contributed by atoms with E-state index in [1.165, 1.54) is 10.5 Å². The topological polar surface area (TPSA) is 46.3 Å². The molecule has 0 bridgehead atoms. The summed E-state index contributed by atoms with van der Waals surface area (Å²) in [7, 11) is 1.84. The minimum Gasteiger partial charge on any atom is -0.330 e. The molecule has 1 aliphatic heterocycles. The maximum Gasteiger partial charge on any atom is 0.237 e. The van der Waals surface area contributed by atoms with Crippen molar-refractivity contribution >= 4 is 23.4 Å². The molecule has 1 heterocycles. The number of nitrogens with two attached hydrogens (primary N) is 1. The van der Waals surface area contributed by atoms with Crippen molar-refractivity contribution in [2.75, 3.05) is 24.2 Å². The number of benzene rings is 1. The molecule has 1 unspecified atom stereocenters. The molecule has 0 radical (unpaired) electrons. The van der Waals surface area contributed by atoms with Crippen LogP contribution >= 0.6 is 11.8 Å². The van der Waals surface area contributed by atoms with Crippen LogP contribution in [0.15, 0.2) is 23.1 Å². The third-order valence-corrected chi connectivity index (χ3v) is 4.13. The number of rotatable bonds is 3. The van der Waals surface area contributed by atoms with Gasteiger partial charge in [-0.05, 0) is 36.6 Å². The summed E-state index contributed by atoms with van der Waals surface area (Å²) in [6.07, 6.45) is 1.00. The number of nitrogens with zero attached hydrogens (tertiary/aromatic N) is 1. The molecular weight excluding hydrogens is 232 g/mol. The van der Waals surface area contributed by atoms with E-state index < -0.39 is 0 Å². The summed E-state index contributed by atoms with van der Waals surface area (Å²) >= 11 is 1.63. The Morgan fingerprint density at radius 1 is 1.53 bits per heavy atom. The van der Waals surface area contributed by atoms with Crippen LogP contribution < -0.4 is 10.6 Å². The molecule has 17 heavy (non-hydrogen) atoms. The average molecular weight is 250 g/mol. The average Bonchev–Trinajstić information content (AvgIpc) is 2.34. The summed E-state index contributed by atoms with van der Waals surface area (Å²) in [5, 5.41) is 0. The fourth-order valence-electron chi connectivity index (χ4n) is 1.93. The molecule has 2 N–H and O–H groups in total. The van der Waals surface area contributed by atoms with Crippen LogP contribution in [-0.2, 0) is 11.2 Å². The molecule has 3 nitrogen and oxygen atoms in total. The lowest BCUT2D eigenvalue weighted by Gasteiger charge is -2.25. The minimum atomic E-state index is 0.172. The van der Waals surface area contributed by atoms with Gasteiger partial charge in [-0.25, -0.2) is 0 Å². The Kier molecular flexibility index (Phi) is 3.74. The van der Waals surface area contributed by atoms with Crippen LogP contribution in [0.25, 0.3) is 0 Å². The van der Waals surface area contributed by atoms with Crippen LogP contribution in [0, 0.1) is 5.92 Å². The van der Waals surface area contributed by atoms with Gasteiger partial charge >= 0.3 is 0 Å². The maximum atomic E-state index is 11.6. The smallest absolute Gasteiger partial charge is 0.237 e. The van der Waals surface area contributed by atoms with E-state index >= 15 is 0 Å². The van der Waals surface area contributed by atoms with Gasteiger partial charge in [0.1, 0.15) is 0 Å². The van der Waals surface area contributed by atoms with E-state index in [9.17, 15) is 4.79 Å². The third-order valence-electron chi connectivity index (χ3n) is 3.10. The van der Waals surface area contributed by atoms with Crippen molar-refractivity contribution in [2.45, 2.75) is 18.2 Å². The summed E-state index contributed by atoms with van der Waals surface area (Å²) in [6, 6.07) is 6.33. The van der Waals surface area contributed by atoms with Crippen LogP contribution in [0.2, 0.25) is 0 Å². The molecule has 1 amide bonds. The Labute approximate surface area is 106 Å². The molecule has 0 aliphatic carbocycles. The molecular formula is C13H18N2OS.